The zero-order valence-corrected chi connectivity index (χ0v) is 15.0. The number of esters is 2. The highest BCUT2D eigenvalue weighted by molar-refractivity contribution is 5.72. The Morgan fingerprint density at radius 2 is 1.54 bits per heavy atom. The molecule has 0 amide bonds. The van der Waals surface area contributed by atoms with Crippen LogP contribution in [0.2, 0.25) is 0 Å². The molecule has 0 saturated carbocycles. The maximum absolute atomic E-state index is 11.8. The van der Waals surface area contributed by atoms with Crippen molar-refractivity contribution in [1.29, 1.82) is 0 Å². The molecule has 0 fully saturated rings. The van der Waals surface area contributed by atoms with Gasteiger partial charge in [-0.2, -0.15) is 0 Å². The molecule has 0 aliphatic heterocycles. The van der Waals surface area contributed by atoms with Gasteiger partial charge in [0, 0.05) is 12.8 Å². The number of carbonyl (C=O) groups is 2. The summed E-state index contributed by atoms with van der Waals surface area (Å²) in [7, 11) is 0. The molecule has 0 radical (unpaired) electrons. The van der Waals surface area contributed by atoms with E-state index in [1.807, 2.05) is 61.5 Å². The number of hydrogen-bond donors (Lipinski definition) is 0. The molecule has 2 aromatic carbocycles. The average Bonchev–Trinajstić information content (AvgIpc) is 2.66. The molecular weight excluding hydrogens is 332 g/mol. The molecule has 0 aliphatic carbocycles. The van der Waals surface area contributed by atoms with Crippen molar-refractivity contribution in [2.45, 2.75) is 39.2 Å². The molecule has 5 heteroatoms. The van der Waals surface area contributed by atoms with Crippen LogP contribution in [0.3, 0.4) is 0 Å². The molecular formula is C21H24O5. The van der Waals surface area contributed by atoms with Gasteiger partial charge in [-0.1, -0.05) is 37.3 Å². The smallest absolute Gasteiger partial charge is 0.306 e. The van der Waals surface area contributed by atoms with Crippen molar-refractivity contribution in [2.75, 3.05) is 6.61 Å². The zero-order valence-electron chi connectivity index (χ0n) is 15.0. The van der Waals surface area contributed by atoms with Gasteiger partial charge in [-0.05, 0) is 42.7 Å². The van der Waals surface area contributed by atoms with Crippen molar-refractivity contribution in [3.8, 4) is 11.5 Å². The van der Waals surface area contributed by atoms with Crippen LogP contribution in [0.15, 0.2) is 54.6 Å². The maximum Gasteiger partial charge on any atom is 0.306 e. The lowest BCUT2D eigenvalue weighted by Crippen LogP contribution is -2.08. The summed E-state index contributed by atoms with van der Waals surface area (Å²) in [5.74, 6) is 0.827. The van der Waals surface area contributed by atoms with Crippen LogP contribution < -0.4 is 4.74 Å². The third kappa shape index (κ3) is 7.38. The van der Waals surface area contributed by atoms with Crippen LogP contribution in [-0.2, 0) is 25.7 Å². The molecule has 26 heavy (non-hydrogen) atoms. The highest BCUT2D eigenvalue weighted by atomic mass is 16.5. The Bertz CT molecular complexity index is 697. The van der Waals surface area contributed by atoms with Crippen molar-refractivity contribution in [1.82, 2.24) is 0 Å². The lowest BCUT2D eigenvalue weighted by atomic mass is 10.2. The van der Waals surface area contributed by atoms with Gasteiger partial charge < -0.3 is 14.2 Å². The summed E-state index contributed by atoms with van der Waals surface area (Å²) in [6, 6.07) is 16.9. The van der Waals surface area contributed by atoms with Gasteiger partial charge in [0.1, 0.15) is 18.1 Å². The molecule has 0 bridgehead atoms. The van der Waals surface area contributed by atoms with Crippen LogP contribution in [0.1, 0.15) is 38.2 Å². The fourth-order valence-electron chi connectivity index (χ4n) is 2.22. The van der Waals surface area contributed by atoms with Crippen LogP contribution in [0.4, 0.5) is 0 Å². The Balaban J connectivity index is 1.72. The van der Waals surface area contributed by atoms with Crippen LogP contribution in [0.5, 0.6) is 11.5 Å². The monoisotopic (exact) mass is 356 g/mol. The van der Waals surface area contributed by atoms with Gasteiger partial charge in [0.15, 0.2) is 0 Å². The Hall–Kier alpha value is -2.82. The first kappa shape index (κ1) is 19.5. The predicted molar refractivity (Wildman–Crippen MR) is 97.9 cm³/mol. The fraction of sp³-hybridized carbons (Fsp3) is 0.333. The SMILES string of the molecule is CCCOC(=O)CCCC(=O)OCc1cccc(Oc2ccccc2)c1. The summed E-state index contributed by atoms with van der Waals surface area (Å²) in [5.41, 5.74) is 0.842. The van der Waals surface area contributed by atoms with Crippen LogP contribution in [-0.4, -0.2) is 18.5 Å². The van der Waals surface area contributed by atoms with E-state index in [0.717, 1.165) is 17.7 Å². The van der Waals surface area contributed by atoms with E-state index in [2.05, 4.69) is 0 Å². The summed E-state index contributed by atoms with van der Waals surface area (Å²) in [4.78, 5) is 23.1. The minimum Gasteiger partial charge on any atom is -0.466 e. The third-order valence-corrected chi connectivity index (χ3v) is 3.51. The van der Waals surface area contributed by atoms with E-state index in [9.17, 15) is 9.59 Å². The molecule has 0 heterocycles. The van der Waals surface area contributed by atoms with Crippen molar-refractivity contribution in [2.24, 2.45) is 0 Å². The summed E-state index contributed by atoms with van der Waals surface area (Å²) >= 11 is 0. The van der Waals surface area contributed by atoms with Gasteiger partial charge in [-0.15, -0.1) is 0 Å². The van der Waals surface area contributed by atoms with Gasteiger partial charge in [-0.25, -0.2) is 0 Å². The summed E-state index contributed by atoms with van der Waals surface area (Å²) in [6.07, 6.45) is 1.65. The second kappa shape index (κ2) is 10.9. The molecule has 5 nitrogen and oxygen atoms in total. The van der Waals surface area contributed by atoms with E-state index >= 15 is 0 Å². The van der Waals surface area contributed by atoms with E-state index in [1.165, 1.54) is 0 Å². The number of ether oxygens (including phenoxy) is 3. The maximum atomic E-state index is 11.8. The minimum absolute atomic E-state index is 0.172. The number of benzene rings is 2. The quantitative estimate of drug-likeness (QED) is 0.580. The molecule has 0 spiro atoms. The van der Waals surface area contributed by atoms with E-state index in [-0.39, 0.29) is 31.4 Å². The molecule has 138 valence electrons. The number of para-hydroxylation sites is 1. The first-order valence-corrected chi connectivity index (χ1v) is 8.80. The van der Waals surface area contributed by atoms with Gasteiger partial charge >= 0.3 is 11.9 Å². The van der Waals surface area contributed by atoms with Crippen molar-refractivity contribution in [3.05, 3.63) is 60.2 Å². The molecule has 2 aromatic rings. The van der Waals surface area contributed by atoms with Crippen molar-refractivity contribution < 1.29 is 23.8 Å². The first-order chi connectivity index (χ1) is 12.7. The summed E-state index contributed by atoms with van der Waals surface area (Å²) in [6.45, 7) is 2.53. The second-order valence-electron chi connectivity index (χ2n) is 5.80. The van der Waals surface area contributed by atoms with E-state index in [1.54, 1.807) is 0 Å². The van der Waals surface area contributed by atoms with Gasteiger partial charge in [-0.3, -0.25) is 9.59 Å². The van der Waals surface area contributed by atoms with Gasteiger partial charge in [0.2, 0.25) is 0 Å². The number of rotatable bonds is 10. The Kier molecular flexibility index (Phi) is 8.19. The highest BCUT2D eigenvalue weighted by Crippen LogP contribution is 2.22. The number of carbonyl (C=O) groups excluding carboxylic acids is 2. The molecule has 0 aromatic heterocycles. The molecule has 0 N–H and O–H groups in total. The third-order valence-electron chi connectivity index (χ3n) is 3.51. The van der Waals surface area contributed by atoms with E-state index in [4.69, 9.17) is 14.2 Å². The van der Waals surface area contributed by atoms with E-state index in [0.29, 0.717) is 18.8 Å². The normalized spacial score (nSPS) is 10.2. The minimum atomic E-state index is -0.331. The zero-order chi connectivity index (χ0) is 18.6. The predicted octanol–water partition coefficient (Wildman–Crippen LogP) is 4.65. The lowest BCUT2D eigenvalue weighted by molar-refractivity contribution is -0.146. The Labute approximate surface area is 153 Å². The molecule has 2 rings (SSSR count). The van der Waals surface area contributed by atoms with Gasteiger partial charge in [0.25, 0.3) is 0 Å². The molecule has 0 unspecified atom stereocenters. The molecule has 0 saturated heterocycles. The lowest BCUT2D eigenvalue weighted by Gasteiger charge is -2.08. The topological polar surface area (TPSA) is 61.8 Å². The fourth-order valence-corrected chi connectivity index (χ4v) is 2.22. The summed E-state index contributed by atoms with van der Waals surface area (Å²) in [5, 5.41) is 0. The highest BCUT2D eigenvalue weighted by Gasteiger charge is 2.08. The molecule has 0 atom stereocenters. The van der Waals surface area contributed by atoms with Crippen LogP contribution in [0, 0.1) is 0 Å². The van der Waals surface area contributed by atoms with Crippen LogP contribution >= 0.6 is 0 Å². The Morgan fingerprint density at radius 1 is 0.846 bits per heavy atom. The van der Waals surface area contributed by atoms with E-state index < -0.39 is 0 Å². The van der Waals surface area contributed by atoms with Crippen LogP contribution in [0.25, 0.3) is 0 Å². The average molecular weight is 356 g/mol. The van der Waals surface area contributed by atoms with Gasteiger partial charge in [0.05, 0.1) is 6.61 Å². The first-order valence-electron chi connectivity index (χ1n) is 8.80. The summed E-state index contributed by atoms with van der Waals surface area (Å²) < 4.78 is 16.0. The molecule has 0 aliphatic rings. The van der Waals surface area contributed by atoms with Crippen molar-refractivity contribution in [3.63, 3.8) is 0 Å². The Morgan fingerprint density at radius 3 is 2.27 bits per heavy atom. The number of hydrogen-bond acceptors (Lipinski definition) is 5. The standard InChI is InChI=1S/C21H24O5/c1-2-14-24-20(22)12-7-13-21(23)25-16-17-8-6-11-19(15-17)26-18-9-4-3-5-10-18/h3-6,8-11,15H,2,7,12-14,16H2,1H3. The second-order valence-corrected chi connectivity index (χ2v) is 5.80. The van der Waals surface area contributed by atoms with Crippen molar-refractivity contribution >= 4 is 11.9 Å². The largest absolute Gasteiger partial charge is 0.466 e.